The largest absolute Gasteiger partial charge is 0.480 e. The van der Waals surface area contributed by atoms with Gasteiger partial charge in [0.1, 0.15) is 11.0 Å². The molecule has 1 aliphatic heterocycles. The van der Waals surface area contributed by atoms with Gasteiger partial charge < -0.3 is 19.6 Å². The highest BCUT2D eigenvalue weighted by Crippen LogP contribution is 2.45. The van der Waals surface area contributed by atoms with E-state index in [0.29, 0.717) is 22.6 Å². The Hall–Kier alpha value is -2.46. The zero-order valence-electron chi connectivity index (χ0n) is 15.8. The average molecular weight is 418 g/mol. The second-order valence-corrected chi connectivity index (χ2v) is 9.08. The topological polar surface area (TPSA) is 129 Å². The number of hydrogen-bond acceptors (Lipinski definition) is 7. The van der Waals surface area contributed by atoms with Crippen LogP contribution in [0.4, 0.5) is 9.80 Å². The molecule has 1 saturated heterocycles. The van der Waals surface area contributed by atoms with E-state index in [0.717, 1.165) is 49.7 Å². The van der Waals surface area contributed by atoms with Gasteiger partial charge in [0.25, 0.3) is 5.89 Å². The number of aryl methyl sites for hydroxylation is 1. The number of carbonyl (C=O) groups is 2. The molecule has 5 rings (SSSR count). The van der Waals surface area contributed by atoms with E-state index in [4.69, 9.17) is 4.52 Å². The number of aliphatic hydroxyl groups excluding tert-OH is 1. The summed E-state index contributed by atoms with van der Waals surface area (Å²) in [7, 11) is 0. The molecule has 0 spiro atoms. The Kier molecular flexibility index (Phi) is 4.54. The Balaban J connectivity index is 1.47. The van der Waals surface area contributed by atoms with E-state index in [2.05, 4.69) is 15.5 Å². The first-order valence-corrected chi connectivity index (χ1v) is 10.8. The number of likely N-dealkylation sites (tertiary alicyclic amines) is 1. The number of hydrogen-bond donors (Lipinski definition) is 3. The maximum Gasteiger partial charge on any atom is 0.326 e. The van der Waals surface area contributed by atoms with Gasteiger partial charge in [0.15, 0.2) is 5.82 Å². The quantitative estimate of drug-likeness (QED) is 0.696. The number of nitrogens with one attached hydrogen (secondary N) is 1. The van der Waals surface area contributed by atoms with Crippen LogP contribution in [0.5, 0.6) is 0 Å². The van der Waals surface area contributed by atoms with Crippen LogP contribution in [0.25, 0.3) is 11.5 Å². The standard InChI is InChI=1S/C19H22N4O5S/c24-10-7-12(18(25)26)23(8-10)19(27)21-17-14(11-3-1-2-4-13(11)29-17)16-20-15(22-28-16)9-5-6-9/h9-10,12,24H,1-8H2,(H,21,27)(H,25,26)/t10?,12-/m1/s1. The molecule has 2 atom stereocenters. The first-order valence-electron chi connectivity index (χ1n) is 9.98. The minimum absolute atomic E-state index is 0.00436. The molecule has 1 saturated carbocycles. The van der Waals surface area contributed by atoms with E-state index < -0.39 is 24.1 Å². The number of β-amino-alcohol motifs (C(OH)–C–C–N with tert-alkyl or cyclic N) is 1. The highest BCUT2D eigenvalue weighted by Gasteiger charge is 2.40. The summed E-state index contributed by atoms with van der Waals surface area (Å²) in [5.41, 5.74) is 1.91. The Bertz CT molecular complexity index is 966. The average Bonchev–Trinajstić information content (AvgIpc) is 3.12. The van der Waals surface area contributed by atoms with Crippen molar-refractivity contribution in [3.8, 4) is 11.5 Å². The predicted octanol–water partition coefficient (Wildman–Crippen LogP) is 2.61. The second kappa shape index (κ2) is 7.10. The first-order chi connectivity index (χ1) is 14.0. The number of aromatic nitrogens is 2. The summed E-state index contributed by atoms with van der Waals surface area (Å²) in [5, 5.41) is 26.8. The molecule has 2 aliphatic carbocycles. The molecule has 2 amide bonds. The van der Waals surface area contributed by atoms with Crippen molar-refractivity contribution < 1.29 is 24.3 Å². The van der Waals surface area contributed by atoms with Gasteiger partial charge in [-0.2, -0.15) is 4.98 Å². The molecule has 3 heterocycles. The number of nitrogens with zero attached hydrogens (tertiary/aromatic N) is 3. The highest BCUT2D eigenvalue weighted by atomic mass is 32.1. The van der Waals surface area contributed by atoms with E-state index in [9.17, 15) is 19.8 Å². The number of carboxylic acids is 1. The summed E-state index contributed by atoms with van der Waals surface area (Å²) in [6.07, 6.45) is 5.31. The molecular formula is C19H22N4O5S. The number of carbonyl (C=O) groups excluding carboxylic acids is 1. The van der Waals surface area contributed by atoms with Crippen LogP contribution >= 0.6 is 11.3 Å². The predicted molar refractivity (Wildman–Crippen MR) is 104 cm³/mol. The number of thiophene rings is 1. The van der Waals surface area contributed by atoms with Crippen molar-refractivity contribution in [3.63, 3.8) is 0 Å². The van der Waals surface area contributed by atoms with Crippen LogP contribution in [0, 0.1) is 0 Å². The normalized spacial score (nSPS) is 23.8. The van der Waals surface area contributed by atoms with Crippen molar-refractivity contribution in [2.75, 3.05) is 11.9 Å². The minimum atomic E-state index is -1.12. The molecule has 2 aromatic rings. The summed E-state index contributed by atoms with van der Waals surface area (Å²) in [6.45, 7) is -0.00436. The molecule has 10 heteroatoms. The molecule has 154 valence electrons. The van der Waals surface area contributed by atoms with Gasteiger partial charge >= 0.3 is 12.0 Å². The fourth-order valence-corrected chi connectivity index (χ4v) is 5.44. The SMILES string of the molecule is O=C(O)[C@H]1CC(O)CN1C(=O)Nc1sc2c(c1-c1nc(C3CC3)no1)CCCC2. The van der Waals surface area contributed by atoms with E-state index >= 15 is 0 Å². The lowest BCUT2D eigenvalue weighted by atomic mass is 9.95. The Morgan fingerprint density at radius 3 is 2.79 bits per heavy atom. The Morgan fingerprint density at radius 2 is 2.03 bits per heavy atom. The zero-order chi connectivity index (χ0) is 20.1. The first kappa shape index (κ1) is 18.6. The number of urea groups is 1. The monoisotopic (exact) mass is 418 g/mol. The lowest BCUT2D eigenvalue weighted by molar-refractivity contribution is -0.141. The highest BCUT2D eigenvalue weighted by molar-refractivity contribution is 7.17. The van der Waals surface area contributed by atoms with Crippen molar-refractivity contribution in [1.29, 1.82) is 0 Å². The van der Waals surface area contributed by atoms with Crippen LogP contribution in [-0.4, -0.2) is 55.9 Å². The molecule has 3 aliphatic rings. The second-order valence-electron chi connectivity index (χ2n) is 7.97. The fraction of sp³-hybridized carbons (Fsp3) is 0.579. The maximum absolute atomic E-state index is 12.9. The molecule has 9 nitrogen and oxygen atoms in total. The third kappa shape index (κ3) is 3.40. The molecule has 2 aromatic heterocycles. The number of rotatable bonds is 4. The van der Waals surface area contributed by atoms with Crippen LogP contribution in [0.2, 0.25) is 0 Å². The van der Waals surface area contributed by atoms with E-state index in [1.165, 1.54) is 21.1 Å². The van der Waals surface area contributed by atoms with Crippen LogP contribution in [-0.2, 0) is 17.6 Å². The van der Waals surface area contributed by atoms with Crippen LogP contribution in [0.15, 0.2) is 4.52 Å². The third-order valence-corrected chi connectivity index (χ3v) is 7.02. The van der Waals surface area contributed by atoms with Gasteiger partial charge in [-0.05, 0) is 44.1 Å². The zero-order valence-corrected chi connectivity index (χ0v) is 16.6. The van der Waals surface area contributed by atoms with Gasteiger partial charge in [-0.15, -0.1) is 11.3 Å². The van der Waals surface area contributed by atoms with Crippen molar-refractivity contribution in [3.05, 3.63) is 16.3 Å². The molecule has 1 unspecified atom stereocenters. The number of aliphatic carboxylic acids is 1. The van der Waals surface area contributed by atoms with Gasteiger partial charge in [0.05, 0.1) is 11.7 Å². The minimum Gasteiger partial charge on any atom is -0.480 e. The van der Waals surface area contributed by atoms with Gasteiger partial charge in [-0.25, -0.2) is 9.59 Å². The summed E-state index contributed by atoms with van der Waals surface area (Å²) >= 11 is 1.49. The van der Waals surface area contributed by atoms with Crippen molar-refractivity contribution in [2.24, 2.45) is 0 Å². The molecule has 0 aromatic carbocycles. The number of fused-ring (bicyclic) bond motifs is 1. The summed E-state index contributed by atoms with van der Waals surface area (Å²) in [4.78, 5) is 31.3. The molecular weight excluding hydrogens is 396 g/mol. The van der Waals surface area contributed by atoms with Crippen LogP contribution in [0.3, 0.4) is 0 Å². The molecule has 0 bridgehead atoms. The van der Waals surface area contributed by atoms with Gasteiger partial charge in [0, 0.05) is 23.8 Å². The van der Waals surface area contributed by atoms with Crippen molar-refractivity contribution >= 4 is 28.3 Å². The van der Waals surface area contributed by atoms with Crippen molar-refractivity contribution in [1.82, 2.24) is 15.0 Å². The molecule has 29 heavy (non-hydrogen) atoms. The number of carboxylic acid groups (broad SMARTS) is 1. The van der Waals surface area contributed by atoms with E-state index in [1.54, 1.807) is 0 Å². The van der Waals surface area contributed by atoms with Gasteiger partial charge in [-0.1, -0.05) is 5.16 Å². The fourth-order valence-electron chi connectivity index (χ4n) is 4.17. The van der Waals surface area contributed by atoms with Crippen LogP contribution in [0.1, 0.15) is 54.3 Å². The number of anilines is 1. The van der Waals surface area contributed by atoms with Crippen molar-refractivity contribution in [2.45, 2.75) is 63.0 Å². The number of amides is 2. The molecule has 0 radical (unpaired) electrons. The van der Waals surface area contributed by atoms with Gasteiger partial charge in [0.2, 0.25) is 0 Å². The Labute approximate surface area is 170 Å². The van der Waals surface area contributed by atoms with Gasteiger partial charge in [-0.3, -0.25) is 5.32 Å². The van der Waals surface area contributed by atoms with Crippen LogP contribution < -0.4 is 5.32 Å². The molecule has 3 N–H and O–H groups in total. The summed E-state index contributed by atoms with van der Waals surface area (Å²) in [5.74, 6) is 0.371. The van der Waals surface area contributed by atoms with E-state index in [-0.39, 0.29) is 13.0 Å². The summed E-state index contributed by atoms with van der Waals surface area (Å²) < 4.78 is 5.55. The summed E-state index contributed by atoms with van der Waals surface area (Å²) in [6, 6.07) is -1.57. The Morgan fingerprint density at radius 1 is 1.24 bits per heavy atom. The smallest absolute Gasteiger partial charge is 0.326 e. The number of aliphatic hydroxyl groups is 1. The third-order valence-electron chi connectivity index (χ3n) is 5.81. The van der Waals surface area contributed by atoms with E-state index in [1.807, 2.05) is 0 Å². The molecule has 2 fully saturated rings. The lowest BCUT2D eigenvalue weighted by Crippen LogP contribution is -2.43. The maximum atomic E-state index is 12.9. The lowest BCUT2D eigenvalue weighted by Gasteiger charge is -2.21.